The van der Waals surface area contributed by atoms with E-state index < -0.39 is 18.1 Å². The van der Waals surface area contributed by atoms with Crippen molar-refractivity contribution in [2.24, 2.45) is 0 Å². The summed E-state index contributed by atoms with van der Waals surface area (Å²) in [6, 6.07) is 14.6. The number of amides is 2. The van der Waals surface area contributed by atoms with Crippen LogP contribution in [0.1, 0.15) is 43.9 Å². The van der Waals surface area contributed by atoms with Crippen molar-refractivity contribution in [1.29, 1.82) is 0 Å². The fourth-order valence-corrected chi connectivity index (χ4v) is 4.98. The molecular weight excluding hydrogens is 488 g/mol. The van der Waals surface area contributed by atoms with Gasteiger partial charge in [-0.3, -0.25) is 14.5 Å². The van der Waals surface area contributed by atoms with Crippen LogP contribution in [0.4, 0.5) is 5.69 Å². The first-order valence-electron chi connectivity index (χ1n) is 12.9. The predicted molar refractivity (Wildman–Crippen MR) is 140 cm³/mol. The molecule has 0 spiro atoms. The molecule has 2 aromatic carbocycles. The molecule has 2 heterocycles. The average molecular weight is 521 g/mol. The summed E-state index contributed by atoms with van der Waals surface area (Å²) < 4.78 is 28.6. The maximum atomic E-state index is 14.3. The summed E-state index contributed by atoms with van der Waals surface area (Å²) in [6.45, 7) is -0.0113. The molecule has 9 heteroatoms. The Hall–Kier alpha value is -4.14. The molecule has 1 saturated carbocycles. The fourth-order valence-electron chi connectivity index (χ4n) is 4.98. The zero-order chi connectivity index (χ0) is 26.5. The van der Waals surface area contributed by atoms with Crippen molar-refractivity contribution in [3.8, 4) is 23.0 Å². The predicted octanol–water partition coefficient (Wildman–Crippen LogP) is 4.66. The van der Waals surface area contributed by atoms with E-state index in [1.54, 1.807) is 42.5 Å². The number of hydrogen-bond acceptors (Lipinski definition) is 7. The van der Waals surface area contributed by atoms with Crippen molar-refractivity contribution in [3.05, 3.63) is 66.6 Å². The molecule has 38 heavy (non-hydrogen) atoms. The van der Waals surface area contributed by atoms with E-state index in [0.717, 1.165) is 32.1 Å². The number of fused-ring (bicyclic) bond motifs is 1. The third kappa shape index (κ3) is 5.41. The van der Waals surface area contributed by atoms with Crippen LogP contribution in [0.3, 0.4) is 0 Å². The van der Waals surface area contributed by atoms with Gasteiger partial charge in [-0.25, -0.2) is 0 Å². The van der Waals surface area contributed by atoms with Gasteiger partial charge < -0.3 is 28.7 Å². The molecule has 5 rings (SSSR count). The minimum atomic E-state index is -1.10. The van der Waals surface area contributed by atoms with Gasteiger partial charge in [-0.15, -0.1) is 0 Å². The Morgan fingerprint density at radius 1 is 0.947 bits per heavy atom. The zero-order valence-corrected chi connectivity index (χ0v) is 21.6. The van der Waals surface area contributed by atoms with Crippen molar-refractivity contribution in [1.82, 2.24) is 5.32 Å². The second-order valence-corrected chi connectivity index (χ2v) is 9.40. The van der Waals surface area contributed by atoms with E-state index in [1.807, 2.05) is 12.1 Å². The number of carbonyl (C=O) groups excluding carboxylic acids is 2. The van der Waals surface area contributed by atoms with Crippen LogP contribution in [-0.4, -0.2) is 44.8 Å². The first kappa shape index (κ1) is 25.5. The van der Waals surface area contributed by atoms with Crippen LogP contribution in [0.15, 0.2) is 65.3 Å². The summed E-state index contributed by atoms with van der Waals surface area (Å²) in [7, 11) is 3.05. The van der Waals surface area contributed by atoms with E-state index in [1.165, 1.54) is 25.4 Å². The van der Waals surface area contributed by atoms with Crippen molar-refractivity contribution in [2.75, 3.05) is 25.7 Å². The monoisotopic (exact) mass is 520 g/mol. The second-order valence-electron chi connectivity index (χ2n) is 9.40. The fraction of sp³-hybridized carbons (Fsp3) is 0.379. The SMILES string of the molecule is COc1cc(OC)cc(N(C(=O)C2COc3ccccc3O2)C(C(=O)NC2CCCCC2)c2ccco2)c1. The Bertz CT molecular complexity index is 1230. The molecule has 1 N–H and O–H groups in total. The number of carbonyl (C=O) groups is 2. The summed E-state index contributed by atoms with van der Waals surface area (Å²) in [4.78, 5) is 29.6. The average Bonchev–Trinajstić information content (AvgIpc) is 3.49. The van der Waals surface area contributed by atoms with Gasteiger partial charge >= 0.3 is 0 Å². The Morgan fingerprint density at radius 2 is 1.66 bits per heavy atom. The lowest BCUT2D eigenvalue weighted by atomic mass is 9.95. The maximum Gasteiger partial charge on any atom is 0.272 e. The quantitative estimate of drug-likeness (QED) is 0.461. The zero-order valence-electron chi connectivity index (χ0n) is 21.6. The summed E-state index contributed by atoms with van der Waals surface area (Å²) in [5.41, 5.74) is 0.397. The number of para-hydroxylation sites is 2. The number of methoxy groups -OCH3 is 2. The van der Waals surface area contributed by atoms with Gasteiger partial charge in [-0.1, -0.05) is 31.4 Å². The molecule has 2 atom stereocenters. The van der Waals surface area contributed by atoms with Crippen LogP contribution in [0.5, 0.6) is 23.0 Å². The van der Waals surface area contributed by atoms with Gasteiger partial charge in [-0.2, -0.15) is 0 Å². The number of ether oxygens (including phenoxy) is 4. The molecule has 0 bridgehead atoms. The number of benzene rings is 2. The first-order chi connectivity index (χ1) is 18.6. The highest BCUT2D eigenvalue weighted by Gasteiger charge is 2.41. The highest BCUT2D eigenvalue weighted by atomic mass is 16.6. The summed E-state index contributed by atoms with van der Waals surface area (Å²) in [5.74, 6) is 1.48. The second kappa shape index (κ2) is 11.5. The first-order valence-corrected chi connectivity index (χ1v) is 12.9. The Balaban J connectivity index is 1.56. The lowest BCUT2D eigenvalue weighted by Crippen LogP contribution is -2.52. The molecule has 2 aliphatic rings. The molecule has 0 radical (unpaired) electrons. The van der Waals surface area contributed by atoms with E-state index in [2.05, 4.69) is 5.32 Å². The van der Waals surface area contributed by atoms with Gasteiger partial charge in [0.15, 0.2) is 17.5 Å². The Morgan fingerprint density at radius 3 is 2.32 bits per heavy atom. The molecule has 2 amide bonds. The largest absolute Gasteiger partial charge is 0.497 e. The Kier molecular flexibility index (Phi) is 7.72. The maximum absolute atomic E-state index is 14.3. The third-order valence-corrected chi connectivity index (χ3v) is 6.91. The van der Waals surface area contributed by atoms with Crippen LogP contribution in [0, 0.1) is 0 Å². The van der Waals surface area contributed by atoms with Crippen LogP contribution in [0.2, 0.25) is 0 Å². The number of anilines is 1. The van der Waals surface area contributed by atoms with Gasteiger partial charge in [0.2, 0.25) is 6.10 Å². The number of furan rings is 1. The number of nitrogens with one attached hydrogen (secondary N) is 1. The van der Waals surface area contributed by atoms with Crippen molar-refractivity contribution in [2.45, 2.75) is 50.3 Å². The molecule has 0 saturated heterocycles. The topological polar surface area (TPSA) is 99.5 Å². The van der Waals surface area contributed by atoms with E-state index in [-0.39, 0.29) is 18.6 Å². The third-order valence-electron chi connectivity index (χ3n) is 6.91. The molecule has 2 unspecified atom stereocenters. The van der Waals surface area contributed by atoms with Gasteiger partial charge in [0.25, 0.3) is 11.8 Å². The molecule has 1 aromatic heterocycles. The number of nitrogens with zero attached hydrogens (tertiary/aromatic N) is 1. The van der Waals surface area contributed by atoms with Crippen molar-refractivity contribution in [3.63, 3.8) is 0 Å². The molecule has 3 aromatic rings. The minimum Gasteiger partial charge on any atom is -0.497 e. The molecule has 1 fully saturated rings. The minimum absolute atomic E-state index is 0.0113. The molecular formula is C29H32N2O7. The van der Waals surface area contributed by atoms with Crippen LogP contribution in [0.25, 0.3) is 0 Å². The standard InChI is InChI=1S/C29H32N2O7/c1-34-21-15-20(16-22(17-21)35-2)31(29(33)26-18-37-23-11-6-7-12-24(23)38-26)27(25-13-8-14-36-25)28(32)30-19-9-4-3-5-10-19/h6-8,11-17,19,26-27H,3-5,9-10,18H2,1-2H3,(H,30,32). The van der Waals surface area contributed by atoms with Crippen LogP contribution < -0.4 is 29.2 Å². The lowest BCUT2D eigenvalue weighted by Gasteiger charge is -2.35. The number of hydrogen-bond donors (Lipinski definition) is 1. The smallest absolute Gasteiger partial charge is 0.272 e. The normalized spacial score (nSPS) is 17.8. The highest BCUT2D eigenvalue weighted by Crippen LogP contribution is 2.37. The molecule has 1 aliphatic heterocycles. The number of rotatable bonds is 8. The lowest BCUT2D eigenvalue weighted by molar-refractivity contribution is -0.132. The van der Waals surface area contributed by atoms with E-state index in [9.17, 15) is 9.59 Å². The van der Waals surface area contributed by atoms with Crippen molar-refractivity contribution < 1.29 is 33.0 Å². The van der Waals surface area contributed by atoms with Gasteiger partial charge in [0.1, 0.15) is 23.9 Å². The van der Waals surface area contributed by atoms with Gasteiger partial charge in [0.05, 0.1) is 26.2 Å². The van der Waals surface area contributed by atoms with Crippen LogP contribution in [-0.2, 0) is 9.59 Å². The summed E-state index contributed by atoms with van der Waals surface area (Å²) in [5, 5.41) is 3.16. The van der Waals surface area contributed by atoms with E-state index >= 15 is 0 Å². The van der Waals surface area contributed by atoms with Gasteiger partial charge in [-0.05, 0) is 37.1 Å². The van der Waals surface area contributed by atoms with E-state index in [0.29, 0.717) is 34.4 Å². The molecule has 9 nitrogen and oxygen atoms in total. The van der Waals surface area contributed by atoms with Crippen LogP contribution >= 0.6 is 0 Å². The van der Waals surface area contributed by atoms with Gasteiger partial charge in [0, 0.05) is 24.2 Å². The summed E-state index contributed by atoms with van der Waals surface area (Å²) >= 11 is 0. The van der Waals surface area contributed by atoms with Crippen molar-refractivity contribution >= 4 is 17.5 Å². The summed E-state index contributed by atoms with van der Waals surface area (Å²) in [6.07, 6.45) is 5.55. The Labute approximate surface area is 221 Å². The molecule has 200 valence electrons. The van der Waals surface area contributed by atoms with E-state index in [4.69, 9.17) is 23.4 Å². The molecule has 1 aliphatic carbocycles. The highest BCUT2D eigenvalue weighted by molar-refractivity contribution is 6.03.